The minimum absolute atomic E-state index is 0.0528. The summed E-state index contributed by atoms with van der Waals surface area (Å²) < 4.78 is 10.1. The quantitative estimate of drug-likeness (QED) is 0.667. The summed E-state index contributed by atoms with van der Waals surface area (Å²) in [5.74, 6) is -0.262. The van der Waals surface area contributed by atoms with Gasteiger partial charge in [0.25, 0.3) is 0 Å². The summed E-state index contributed by atoms with van der Waals surface area (Å²) >= 11 is 0. The van der Waals surface area contributed by atoms with Crippen LogP contribution >= 0.6 is 0 Å². The molecular weight excluding hydrogens is 180 g/mol. The smallest absolute Gasteiger partial charge is 0.338 e. The van der Waals surface area contributed by atoms with Crippen molar-refractivity contribution in [3.8, 4) is 0 Å². The lowest BCUT2D eigenvalue weighted by atomic mass is 10.1. The van der Waals surface area contributed by atoms with Crippen molar-refractivity contribution >= 4 is 5.97 Å². The van der Waals surface area contributed by atoms with Crippen LogP contribution in [0.15, 0.2) is 24.3 Å². The van der Waals surface area contributed by atoms with Crippen molar-refractivity contribution in [3.05, 3.63) is 35.4 Å². The molecule has 0 radical (unpaired) electrons. The number of carbonyl (C=O) groups excluding carboxylic acids is 1. The first-order valence-corrected chi connectivity index (χ1v) is 4.61. The van der Waals surface area contributed by atoms with Crippen LogP contribution in [0.4, 0.5) is 0 Å². The lowest BCUT2D eigenvalue weighted by molar-refractivity contribution is -0.103. The van der Waals surface area contributed by atoms with E-state index in [0.717, 1.165) is 5.56 Å². The molecule has 0 spiro atoms. The number of ether oxygens (including phenoxy) is 2. The third-order valence-corrected chi connectivity index (χ3v) is 2.13. The van der Waals surface area contributed by atoms with Crippen molar-refractivity contribution in [2.45, 2.75) is 13.0 Å². The van der Waals surface area contributed by atoms with E-state index < -0.39 is 0 Å². The predicted molar refractivity (Wildman–Crippen MR) is 51.2 cm³/mol. The van der Waals surface area contributed by atoms with Crippen molar-refractivity contribution in [2.75, 3.05) is 13.2 Å². The number of aryl methyl sites for hydroxylation is 1. The molecule has 0 saturated carbocycles. The van der Waals surface area contributed by atoms with Gasteiger partial charge in [0.15, 0.2) is 0 Å². The van der Waals surface area contributed by atoms with Crippen LogP contribution in [-0.4, -0.2) is 25.3 Å². The van der Waals surface area contributed by atoms with Crippen molar-refractivity contribution in [1.82, 2.24) is 0 Å². The largest absolute Gasteiger partial charge is 0.454 e. The molecule has 3 nitrogen and oxygen atoms in total. The Morgan fingerprint density at radius 3 is 2.86 bits per heavy atom. The minimum Gasteiger partial charge on any atom is -0.454 e. The molecule has 1 fully saturated rings. The zero-order valence-electron chi connectivity index (χ0n) is 8.03. The molecule has 0 bridgehead atoms. The predicted octanol–water partition coefficient (Wildman–Crippen LogP) is 1.55. The summed E-state index contributed by atoms with van der Waals surface area (Å²) in [6.45, 7) is 3.00. The molecule has 0 N–H and O–H groups in total. The highest BCUT2D eigenvalue weighted by molar-refractivity contribution is 5.89. The summed E-state index contributed by atoms with van der Waals surface area (Å²) in [6, 6.07) is 7.38. The van der Waals surface area contributed by atoms with Crippen LogP contribution in [0.5, 0.6) is 0 Å². The molecule has 1 aromatic carbocycles. The first kappa shape index (κ1) is 9.21. The van der Waals surface area contributed by atoms with Gasteiger partial charge in [-0.25, -0.2) is 4.79 Å². The van der Waals surface area contributed by atoms with E-state index in [9.17, 15) is 4.79 Å². The lowest BCUT2D eigenvalue weighted by Crippen LogP contribution is -2.37. The number of hydrogen-bond donors (Lipinski definition) is 0. The van der Waals surface area contributed by atoms with Gasteiger partial charge in [0.05, 0.1) is 18.8 Å². The third kappa shape index (κ3) is 1.93. The highest BCUT2D eigenvalue weighted by atomic mass is 16.6. The highest BCUT2D eigenvalue weighted by Gasteiger charge is 2.23. The van der Waals surface area contributed by atoms with E-state index in [-0.39, 0.29) is 12.1 Å². The van der Waals surface area contributed by atoms with Crippen molar-refractivity contribution in [2.24, 2.45) is 0 Å². The molecule has 0 amide bonds. The Balaban J connectivity index is 2.02. The molecule has 1 saturated heterocycles. The van der Waals surface area contributed by atoms with Gasteiger partial charge in [0, 0.05) is 0 Å². The zero-order valence-corrected chi connectivity index (χ0v) is 8.03. The van der Waals surface area contributed by atoms with Crippen molar-refractivity contribution in [3.63, 3.8) is 0 Å². The van der Waals surface area contributed by atoms with Crippen LogP contribution in [0.25, 0.3) is 0 Å². The molecule has 1 aliphatic rings. The molecular formula is C11H12O3. The molecule has 0 unspecified atom stereocenters. The molecule has 2 rings (SSSR count). The van der Waals surface area contributed by atoms with E-state index in [4.69, 9.17) is 9.47 Å². The molecule has 0 aromatic heterocycles. The van der Waals surface area contributed by atoms with E-state index >= 15 is 0 Å². The Bertz CT molecular complexity index is 342. The van der Waals surface area contributed by atoms with Gasteiger partial charge in [-0.2, -0.15) is 0 Å². The summed E-state index contributed by atoms with van der Waals surface area (Å²) in [6.07, 6.45) is -0.0528. The van der Waals surface area contributed by atoms with Crippen LogP contribution in [0, 0.1) is 6.92 Å². The zero-order chi connectivity index (χ0) is 9.97. The number of rotatable bonds is 2. The van der Waals surface area contributed by atoms with Gasteiger partial charge in [-0.1, -0.05) is 17.7 Å². The van der Waals surface area contributed by atoms with Crippen LogP contribution in [0.2, 0.25) is 0 Å². The molecule has 14 heavy (non-hydrogen) atoms. The van der Waals surface area contributed by atoms with Gasteiger partial charge in [-0.05, 0) is 19.1 Å². The van der Waals surface area contributed by atoms with E-state index in [1.165, 1.54) is 0 Å². The van der Waals surface area contributed by atoms with E-state index in [1.54, 1.807) is 6.07 Å². The Morgan fingerprint density at radius 1 is 1.50 bits per heavy atom. The lowest BCUT2D eigenvalue weighted by Gasteiger charge is -2.25. The second-order valence-corrected chi connectivity index (χ2v) is 3.43. The summed E-state index contributed by atoms with van der Waals surface area (Å²) in [5, 5.41) is 0. The minimum atomic E-state index is -0.262. The van der Waals surface area contributed by atoms with E-state index in [2.05, 4.69) is 0 Å². The first-order chi connectivity index (χ1) is 6.75. The maximum Gasteiger partial charge on any atom is 0.338 e. The van der Waals surface area contributed by atoms with Gasteiger partial charge in [-0.3, -0.25) is 0 Å². The average molecular weight is 192 g/mol. The SMILES string of the molecule is Cc1cccc(C(=O)OC2COC2)c1. The van der Waals surface area contributed by atoms with Crippen LogP contribution in [0.1, 0.15) is 15.9 Å². The fourth-order valence-corrected chi connectivity index (χ4v) is 1.27. The van der Waals surface area contributed by atoms with Crippen LogP contribution < -0.4 is 0 Å². The summed E-state index contributed by atoms with van der Waals surface area (Å²) in [5.41, 5.74) is 1.67. The van der Waals surface area contributed by atoms with Gasteiger partial charge in [0.2, 0.25) is 0 Å². The third-order valence-electron chi connectivity index (χ3n) is 2.13. The van der Waals surface area contributed by atoms with E-state index in [1.807, 2.05) is 25.1 Å². The fraction of sp³-hybridized carbons (Fsp3) is 0.364. The topological polar surface area (TPSA) is 35.5 Å². The van der Waals surface area contributed by atoms with Crippen molar-refractivity contribution < 1.29 is 14.3 Å². The molecule has 74 valence electrons. The molecule has 0 aliphatic carbocycles. The van der Waals surface area contributed by atoms with Gasteiger partial charge in [-0.15, -0.1) is 0 Å². The Morgan fingerprint density at radius 2 is 2.29 bits per heavy atom. The average Bonchev–Trinajstić information content (AvgIpc) is 2.11. The van der Waals surface area contributed by atoms with Gasteiger partial charge >= 0.3 is 5.97 Å². The Hall–Kier alpha value is -1.35. The standard InChI is InChI=1S/C11H12O3/c1-8-3-2-4-9(5-8)11(12)14-10-6-13-7-10/h2-5,10H,6-7H2,1H3. The maximum atomic E-state index is 11.5. The Labute approximate surface area is 82.6 Å². The second-order valence-electron chi connectivity index (χ2n) is 3.43. The number of hydrogen-bond acceptors (Lipinski definition) is 3. The molecule has 1 aromatic rings. The molecule has 1 aliphatic heterocycles. The van der Waals surface area contributed by atoms with E-state index in [0.29, 0.717) is 18.8 Å². The van der Waals surface area contributed by atoms with Crippen LogP contribution in [0.3, 0.4) is 0 Å². The molecule has 0 atom stereocenters. The number of esters is 1. The Kier molecular flexibility index (Phi) is 2.50. The normalized spacial score (nSPS) is 16.1. The molecule has 1 heterocycles. The number of benzene rings is 1. The van der Waals surface area contributed by atoms with Crippen molar-refractivity contribution in [1.29, 1.82) is 0 Å². The summed E-state index contributed by atoms with van der Waals surface area (Å²) in [7, 11) is 0. The summed E-state index contributed by atoms with van der Waals surface area (Å²) in [4.78, 5) is 11.5. The highest BCUT2D eigenvalue weighted by Crippen LogP contribution is 2.11. The molecule has 3 heteroatoms. The van der Waals surface area contributed by atoms with Gasteiger partial charge < -0.3 is 9.47 Å². The number of carbonyl (C=O) groups is 1. The fourth-order valence-electron chi connectivity index (χ4n) is 1.27. The monoisotopic (exact) mass is 192 g/mol. The second kappa shape index (κ2) is 3.80. The first-order valence-electron chi connectivity index (χ1n) is 4.61. The maximum absolute atomic E-state index is 11.5. The van der Waals surface area contributed by atoms with Crippen LogP contribution in [-0.2, 0) is 9.47 Å². The van der Waals surface area contributed by atoms with Gasteiger partial charge in [0.1, 0.15) is 6.10 Å².